The van der Waals surface area contributed by atoms with Gasteiger partial charge in [0.25, 0.3) is 0 Å². The van der Waals surface area contributed by atoms with Gasteiger partial charge in [0, 0.05) is 17.3 Å². The maximum atomic E-state index is 5.37. The van der Waals surface area contributed by atoms with Crippen LogP contribution in [0.5, 0.6) is 0 Å². The Morgan fingerprint density at radius 1 is 1.38 bits per heavy atom. The van der Waals surface area contributed by atoms with E-state index >= 15 is 0 Å². The van der Waals surface area contributed by atoms with Gasteiger partial charge in [0.05, 0.1) is 7.85 Å². The average molecular weight is 212 g/mol. The fraction of sp³-hybridized carbons (Fsp3) is 0.364. The molecule has 0 amide bonds. The van der Waals surface area contributed by atoms with Gasteiger partial charge < -0.3 is 5.32 Å². The van der Waals surface area contributed by atoms with E-state index in [-0.39, 0.29) is 0 Å². The molecule has 0 aliphatic heterocycles. The zero-order valence-electron chi connectivity index (χ0n) is 9.49. The number of rotatable bonds is 3. The summed E-state index contributed by atoms with van der Waals surface area (Å²) in [5.41, 5.74) is 2.96. The topological polar surface area (TPSA) is 50.7 Å². The Morgan fingerprint density at radius 2 is 2.19 bits per heavy atom. The van der Waals surface area contributed by atoms with Crippen LogP contribution in [0.2, 0.25) is 0 Å². The minimum absolute atomic E-state index is 0.317. The predicted molar refractivity (Wildman–Crippen MR) is 65.7 cm³/mol. The first-order valence-corrected chi connectivity index (χ1v) is 5.31. The van der Waals surface area contributed by atoms with Crippen molar-refractivity contribution < 1.29 is 0 Å². The lowest BCUT2D eigenvalue weighted by atomic mass is 10.1. The molecule has 16 heavy (non-hydrogen) atoms. The van der Waals surface area contributed by atoms with Crippen molar-refractivity contribution in [2.45, 2.75) is 20.3 Å². The summed E-state index contributed by atoms with van der Waals surface area (Å²) in [6, 6.07) is 2.09. The number of fused-ring (bicyclic) bond motifs is 1. The van der Waals surface area contributed by atoms with Crippen molar-refractivity contribution in [1.82, 2.24) is 15.0 Å². The Bertz CT molecular complexity index is 513. The van der Waals surface area contributed by atoms with Crippen molar-refractivity contribution in [2.75, 3.05) is 11.8 Å². The monoisotopic (exact) mass is 212 g/mol. The third-order valence-electron chi connectivity index (χ3n) is 2.51. The molecule has 0 fully saturated rings. The highest BCUT2D eigenvalue weighted by atomic mass is 15.1. The van der Waals surface area contributed by atoms with Crippen LogP contribution in [0.15, 0.2) is 12.3 Å². The smallest absolute Gasteiger partial charge is 0.223 e. The van der Waals surface area contributed by atoms with Crippen molar-refractivity contribution in [3.63, 3.8) is 0 Å². The van der Waals surface area contributed by atoms with Gasteiger partial charge in [-0.25, -0.2) is 9.97 Å². The largest absolute Gasteiger partial charge is 0.363 e. The molecule has 0 bridgehead atoms. The van der Waals surface area contributed by atoms with Crippen LogP contribution in [0.25, 0.3) is 11.0 Å². The molecule has 2 aromatic rings. The molecule has 0 aliphatic rings. The highest BCUT2D eigenvalue weighted by Crippen LogP contribution is 2.15. The van der Waals surface area contributed by atoms with Crippen molar-refractivity contribution in [2.24, 2.45) is 0 Å². The molecular weight excluding hydrogens is 199 g/mol. The van der Waals surface area contributed by atoms with Crippen molar-refractivity contribution in [3.05, 3.63) is 23.5 Å². The minimum atomic E-state index is 0.317. The zero-order chi connectivity index (χ0) is 11.5. The highest BCUT2D eigenvalue weighted by molar-refractivity contribution is 6.10. The lowest BCUT2D eigenvalue weighted by Gasteiger charge is -2.06. The van der Waals surface area contributed by atoms with Crippen molar-refractivity contribution >= 4 is 24.8 Å². The van der Waals surface area contributed by atoms with Gasteiger partial charge in [-0.2, -0.15) is 4.98 Å². The zero-order valence-corrected chi connectivity index (χ0v) is 9.49. The summed E-state index contributed by atoms with van der Waals surface area (Å²) >= 11 is 0. The molecule has 80 valence electrons. The summed E-state index contributed by atoms with van der Waals surface area (Å²) in [5, 5.41) is 3.83. The molecule has 2 aromatic heterocycles. The molecule has 2 heterocycles. The van der Waals surface area contributed by atoms with E-state index < -0.39 is 0 Å². The van der Waals surface area contributed by atoms with Gasteiger partial charge in [-0.1, -0.05) is 6.92 Å². The second-order valence-electron chi connectivity index (χ2n) is 3.57. The lowest BCUT2D eigenvalue weighted by Crippen LogP contribution is -2.05. The van der Waals surface area contributed by atoms with Gasteiger partial charge in [-0.15, -0.1) is 0 Å². The standard InChI is InChI=1S/C11H13BN4/c1-3-8-4-9-5-13-11(14-6-12)16-10(9)15-7(8)2/h4-5H,3,6H2,1-2H3,(H,13,14,15,16). The van der Waals surface area contributed by atoms with Gasteiger partial charge >= 0.3 is 0 Å². The normalized spacial score (nSPS) is 10.6. The van der Waals surface area contributed by atoms with E-state index in [0.717, 1.165) is 17.5 Å². The van der Waals surface area contributed by atoms with Gasteiger partial charge in [-0.05, 0) is 31.4 Å². The molecule has 0 saturated carbocycles. The first-order chi connectivity index (χ1) is 7.74. The minimum Gasteiger partial charge on any atom is -0.363 e. The summed E-state index contributed by atoms with van der Waals surface area (Å²) in [4.78, 5) is 12.9. The Labute approximate surface area is 95.9 Å². The SMILES string of the molecule is [B]CNc1ncc2cc(CC)c(C)nc2n1. The summed E-state index contributed by atoms with van der Waals surface area (Å²) in [6.07, 6.45) is 3.06. The second-order valence-corrected chi connectivity index (χ2v) is 3.57. The van der Waals surface area contributed by atoms with Crippen LogP contribution in [0, 0.1) is 6.92 Å². The van der Waals surface area contributed by atoms with Crippen molar-refractivity contribution in [3.8, 4) is 0 Å². The first kappa shape index (κ1) is 10.9. The Hall–Kier alpha value is -1.65. The molecule has 1 N–H and O–H groups in total. The van der Waals surface area contributed by atoms with E-state index in [2.05, 4.69) is 33.3 Å². The molecule has 2 rings (SSSR count). The maximum Gasteiger partial charge on any atom is 0.223 e. The molecule has 0 aliphatic carbocycles. The van der Waals surface area contributed by atoms with Crippen LogP contribution in [-0.2, 0) is 6.42 Å². The number of hydrogen-bond donors (Lipinski definition) is 1. The van der Waals surface area contributed by atoms with Gasteiger partial charge in [0.15, 0.2) is 5.65 Å². The molecule has 0 atom stereocenters. The molecular formula is C11H13BN4. The Balaban J connectivity index is 2.53. The number of nitrogens with zero attached hydrogens (tertiary/aromatic N) is 3. The van der Waals surface area contributed by atoms with E-state index in [4.69, 9.17) is 7.85 Å². The fourth-order valence-electron chi connectivity index (χ4n) is 1.63. The third kappa shape index (κ3) is 1.98. The van der Waals surface area contributed by atoms with Crippen LogP contribution in [0.4, 0.5) is 5.95 Å². The predicted octanol–water partition coefficient (Wildman–Crippen LogP) is 1.43. The summed E-state index contributed by atoms with van der Waals surface area (Å²) in [7, 11) is 5.37. The number of aryl methyl sites for hydroxylation is 2. The number of pyridine rings is 1. The molecule has 5 heteroatoms. The fourth-order valence-corrected chi connectivity index (χ4v) is 1.63. The van der Waals surface area contributed by atoms with Gasteiger partial charge in [-0.3, -0.25) is 0 Å². The van der Waals surface area contributed by atoms with E-state index in [1.165, 1.54) is 5.56 Å². The van der Waals surface area contributed by atoms with Gasteiger partial charge in [0.2, 0.25) is 5.95 Å². The molecule has 4 nitrogen and oxygen atoms in total. The quantitative estimate of drug-likeness (QED) is 0.782. The molecule has 2 radical (unpaired) electrons. The average Bonchev–Trinajstić information content (AvgIpc) is 2.28. The molecule has 0 aromatic carbocycles. The molecule has 0 unspecified atom stereocenters. The Kier molecular flexibility index (Phi) is 3.03. The first-order valence-electron chi connectivity index (χ1n) is 5.31. The van der Waals surface area contributed by atoms with Crippen LogP contribution in [0.1, 0.15) is 18.2 Å². The van der Waals surface area contributed by atoms with Crippen LogP contribution < -0.4 is 5.32 Å². The number of aromatic nitrogens is 3. The third-order valence-corrected chi connectivity index (χ3v) is 2.51. The van der Waals surface area contributed by atoms with E-state index in [9.17, 15) is 0 Å². The molecule has 0 spiro atoms. The summed E-state index contributed by atoms with van der Waals surface area (Å²) < 4.78 is 0. The van der Waals surface area contributed by atoms with E-state index in [1.54, 1.807) is 6.20 Å². The highest BCUT2D eigenvalue weighted by Gasteiger charge is 2.04. The van der Waals surface area contributed by atoms with E-state index in [0.29, 0.717) is 18.0 Å². The van der Waals surface area contributed by atoms with E-state index in [1.807, 2.05) is 6.92 Å². The van der Waals surface area contributed by atoms with Crippen LogP contribution in [-0.4, -0.2) is 29.2 Å². The summed E-state index contributed by atoms with van der Waals surface area (Å²) in [5.74, 6) is 0.520. The number of anilines is 1. The maximum absolute atomic E-state index is 5.37. The van der Waals surface area contributed by atoms with Crippen LogP contribution in [0.3, 0.4) is 0 Å². The number of hydrogen-bond acceptors (Lipinski definition) is 4. The Morgan fingerprint density at radius 3 is 2.88 bits per heavy atom. The summed E-state index contributed by atoms with van der Waals surface area (Å²) in [6.45, 7) is 4.11. The number of nitrogens with one attached hydrogen (secondary N) is 1. The lowest BCUT2D eigenvalue weighted by molar-refractivity contribution is 1.05. The molecule has 0 saturated heterocycles. The van der Waals surface area contributed by atoms with Gasteiger partial charge in [0.1, 0.15) is 0 Å². The second kappa shape index (κ2) is 4.47. The van der Waals surface area contributed by atoms with Crippen LogP contribution >= 0.6 is 0 Å². The van der Waals surface area contributed by atoms with Crippen molar-refractivity contribution in [1.29, 1.82) is 0 Å².